The van der Waals surface area contributed by atoms with Crippen molar-refractivity contribution in [1.82, 2.24) is 20.3 Å². The van der Waals surface area contributed by atoms with E-state index in [0.29, 0.717) is 0 Å². The number of aromatic nitrogens is 3. The number of nitrogens with zero attached hydrogens (tertiary/aromatic N) is 3. The first kappa shape index (κ1) is 15.6. The highest BCUT2D eigenvalue weighted by Crippen LogP contribution is 2.21. The molecule has 0 saturated carbocycles. The Balaban J connectivity index is 2.17. The molecule has 5 heteroatoms. The maximum Gasteiger partial charge on any atom is 0.123 e. The standard InChI is InChI=1S/C16H23FN4/c1-16(2,3)18-10-13(9-15-11-21(4)20-19-15)12-6-5-7-14(17)8-12/h5-8,11,13,18H,9-10H2,1-4H3. The third-order valence-electron chi connectivity index (χ3n) is 3.30. The maximum atomic E-state index is 13.5. The van der Waals surface area contributed by atoms with Gasteiger partial charge in [0.05, 0.1) is 5.69 Å². The molecule has 0 fully saturated rings. The molecule has 0 aliphatic carbocycles. The van der Waals surface area contributed by atoms with E-state index in [0.717, 1.165) is 24.2 Å². The van der Waals surface area contributed by atoms with Gasteiger partial charge in [-0.15, -0.1) is 5.10 Å². The Hall–Kier alpha value is -1.75. The lowest BCUT2D eigenvalue weighted by molar-refractivity contribution is 0.403. The number of nitrogens with one attached hydrogen (secondary N) is 1. The molecule has 21 heavy (non-hydrogen) atoms. The van der Waals surface area contributed by atoms with E-state index in [9.17, 15) is 4.39 Å². The van der Waals surface area contributed by atoms with Crippen molar-refractivity contribution in [2.45, 2.75) is 38.6 Å². The number of halogens is 1. The van der Waals surface area contributed by atoms with E-state index in [1.54, 1.807) is 16.8 Å². The van der Waals surface area contributed by atoms with Crippen LogP contribution in [-0.2, 0) is 13.5 Å². The molecular formula is C16H23FN4. The third kappa shape index (κ3) is 4.93. The number of benzene rings is 1. The van der Waals surface area contributed by atoms with Gasteiger partial charge in [-0.3, -0.25) is 4.68 Å². The summed E-state index contributed by atoms with van der Waals surface area (Å²) in [6.07, 6.45) is 2.64. The molecule has 0 aliphatic heterocycles. The van der Waals surface area contributed by atoms with Crippen LogP contribution in [0.4, 0.5) is 4.39 Å². The predicted molar refractivity (Wildman–Crippen MR) is 81.6 cm³/mol. The van der Waals surface area contributed by atoms with Crippen molar-refractivity contribution in [3.8, 4) is 0 Å². The largest absolute Gasteiger partial charge is 0.311 e. The lowest BCUT2D eigenvalue weighted by Gasteiger charge is -2.25. The van der Waals surface area contributed by atoms with Crippen LogP contribution in [-0.4, -0.2) is 27.1 Å². The predicted octanol–water partition coefficient (Wildman–Crippen LogP) is 2.67. The fourth-order valence-corrected chi connectivity index (χ4v) is 2.24. The molecular weight excluding hydrogens is 267 g/mol. The fraction of sp³-hybridized carbons (Fsp3) is 0.500. The van der Waals surface area contributed by atoms with Gasteiger partial charge >= 0.3 is 0 Å². The van der Waals surface area contributed by atoms with Gasteiger partial charge in [0.25, 0.3) is 0 Å². The van der Waals surface area contributed by atoms with Crippen LogP contribution in [0.1, 0.15) is 37.9 Å². The summed E-state index contributed by atoms with van der Waals surface area (Å²) in [6.45, 7) is 7.14. The molecule has 114 valence electrons. The van der Waals surface area contributed by atoms with Gasteiger partial charge in [0.15, 0.2) is 0 Å². The minimum absolute atomic E-state index is 0.0218. The van der Waals surface area contributed by atoms with E-state index in [2.05, 4.69) is 36.4 Å². The second-order valence-corrected chi connectivity index (χ2v) is 6.47. The maximum absolute atomic E-state index is 13.5. The van der Waals surface area contributed by atoms with Crippen molar-refractivity contribution in [1.29, 1.82) is 0 Å². The van der Waals surface area contributed by atoms with E-state index in [4.69, 9.17) is 0 Å². The van der Waals surface area contributed by atoms with Crippen LogP contribution in [0, 0.1) is 5.82 Å². The first-order valence-corrected chi connectivity index (χ1v) is 7.19. The van der Waals surface area contributed by atoms with E-state index >= 15 is 0 Å². The second kappa shape index (κ2) is 6.35. The lowest BCUT2D eigenvalue weighted by Crippen LogP contribution is -2.39. The molecule has 0 bridgehead atoms. The SMILES string of the molecule is Cn1cc(CC(CNC(C)(C)C)c2cccc(F)c2)nn1. The topological polar surface area (TPSA) is 42.7 Å². The Morgan fingerprint density at radius 1 is 1.33 bits per heavy atom. The minimum Gasteiger partial charge on any atom is -0.311 e. The van der Waals surface area contributed by atoms with Crippen molar-refractivity contribution in [2.75, 3.05) is 6.54 Å². The Kier molecular flexibility index (Phi) is 4.73. The van der Waals surface area contributed by atoms with Gasteiger partial charge < -0.3 is 5.32 Å². The monoisotopic (exact) mass is 290 g/mol. The van der Waals surface area contributed by atoms with Crippen molar-refractivity contribution >= 4 is 0 Å². The van der Waals surface area contributed by atoms with Crippen LogP contribution in [0.25, 0.3) is 0 Å². The summed E-state index contributed by atoms with van der Waals surface area (Å²) in [7, 11) is 1.85. The zero-order valence-corrected chi connectivity index (χ0v) is 13.1. The molecule has 1 unspecified atom stereocenters. The normalized spacial score (nSPS) is 13.4. The average molecular weight is 290 g/mol. The molecule has 1 N–H and O–H groups in total. The third-order valence-corrected chi connectivity index (χ3v) is 3.30. The number of hydrogen-bond donors (Lipinski definition) is 1. The molecule has 2 rings (SSSR count). The molecule has 0 radical (unpaired) electrons. The minimum atomic E-state index is -0.201. The molecule has 2 aromatic rings. The number of aryl methyl sites for hydroxylation is 1. The van der Waals surface area contributed by atoms with Crippen molar-refractivity contribution in [3.05, 3.63) is 47.5 Å². The smallest absolute Gasteiger partial charge is 0.123 e. The van der Waals surface area contributed by atoms with E-state index in [1.165, 1.54) is 6.07 Å². The van der Waals surface area contributed by atoms with Crippen molar-refractivity contribution in [2.24, 2.45) is 7.05 Å². The molecule has 0 saturated heterocycles. The molecule has 1 atom stereocenters. The molecule has 0 aliphatic rings. The summed E-state index contributed by atoms with van der Waals surface area (Å²) in [4.78, 5) is 0. The van der Waals surface area contributed by atoms with Crippen LogP contribution in [0.5, 0.6) is 0 Å². The van der Waals surface area contributed by atoms with Crippen LogP contribution in [0.2, 0.25) is 0 Å². The lowest BCUT2D eigenvalue weighted by atomic mass is 9.93. The van der Waals surface area contributed by atoms with Crippen LogP contribution < -0.4 is 5.32 Å². The highest BCUT2D eigenvalue weighted by Gasteiger charge is 2.18. The Labute approximate surface area is 125 Å². The molecule has 1 heterocycles. The summed E-state index contributed by atoms with van der Waals surface area (Å²) in [5, 5.41) is 11.6. The molecule has 1 aromatic heterocycles. The molecule has 0 amide bonds. The summed E-state index contributed by atoms with van der Waals surface area (Å²) < 4.78 is 15.2. The second-order valence-electron chi connectivity index (χ2n) is 6.47. The summed E-state index contributed by atoms with van der Waals surface area (Å²) in [6, 6.07) is 6.80. The van der Waals surface area contributed by atoms with Gasteiger partial charge in [-0.25, -0.2) is 4.39 Å². The van der Waals surface area contributed by atoms with Crippen LogP contribution in [0.3, 0.4) is 0 Å². The van der Waals surface area contributed by atoms with Gasteiger partial charge in [-0.05, 0) is 38.5 Å². The Morgan fingerprint density at radius 2 is 2.10 bits per heavy atom. The van der Waals surface area contributed by atoms with Gasteiger partial charge in [0.2, 0.25) is 0 Å². The van der Waals surface area contributed by atoms with Crippen molar-refractivity contribution < 1.29 is 4.39 Å². The summed E-state index contributed by atoms with van der Waals surface area (Å²) in [5.74, 6) is -0.0379. The Morgan fingerprint density at radius 3 is 2.67 bits per heavy atom. The first-order chi connectivity index (χ1) is 9.83. The molecule has 4 nitrogen and oxygen atoms in total. The van der Waals surface area contributed by atoms with E-state index in [1.807, 2.05) is 19.3 Å². The molecule has 0 spiro atoms. The van der Waals surface area contributed by atoms with Crippen molar-refractivity contribution in [3.63, 3.8) is 0 Å². The fourth-order valence-electron chi connectivity index (χ4n) is 2.24. The quantitative estimate of drug-likeness (QED) is 0.920. The van der Waals surface area contributed by atoms with Gasteiger partial charge in [-0.1, -0.05) is 17.3 Å². The Bertz CT molecular complexity index is 586. The summed E-state index contributed by atoms with van der Waals surface area (Å²) >= 11 is 0. The number of rotatable bonds is 5. The highest BCUT2D eigenvalue weighted by atomic mass is 19.1. The highest BCUT2D eigenvalue weighted by molar-refractivity contribution is 5.22. The van der Waals surface area contributed by atoms with Gasteiger partial charge in [0.1, 0.15) is 5.82 Å². The number of hydrogen-bond acceptors (Lipinski definition) is 3. The zero-order valence-electron chi connectivity index (χ0n) is 13.1. The van der Waals surface area contributed by atoms with Gasteiger partial charge in [0, 0.05) is 37.7 Å². The zero-order chi connectivity index (χ0) is 15.5. The van der Waals surface area contributed by atoms with Crippen LogP contribution >= 0.6 is 0 Å². The van der Waals surface area contributed by atoms with E-state index in [-0.39, 0.29) is 17.3 Å². The summed E-state index contributed by atoms with van der Waals surface area (Å²) in [5.41, 5.74) is 1.92. The first-order valence-electron chi connectivity index (χ1n) is 7.19. The van der Waals surface area contributed by atoms with E-state index < -0.39 is 0 Å². The van der Waals surface area contributed by atoms with Gasteiger partial charge in [-0.2, -0.15) is 0 Å². The average Bonchev–Trinajstić information content (AvgIpc) is 2.79. The molecule has 1 aromatic carbocycles. The van der Waals surface area contributed by atoms with Crippen LogP contribution in [0.15, 0.2) is 30.5 Å².